The van der Waals surface area contributed by atoms with Crippen molar-refractivity contribution in [3.05, 3.63) is 58.3 Å². The highest BCUT2D eigenvalue weighted by Gasteiger charge is 2.41. The summed E-state index contributed by atoms with van der Waals surface area (Å²) >= 11 is 0. The Kier molecular flexibility index (Phi) is 8.47. The van der Waals surface area contributed by atoms with Crippen LogP contribution in [0.5, 0.6) is 5.88 Å². The highest BCUT2D eigenvalue weighted by atomic mass is 31.2. The van der Waals surface area contributed by atoms with Gasteiger partial charge in [0, 0.05) is 0 Å². The molecule has 1 aliphatic rings. The summed E-state index contributed by atoms with van der Waals surface area (Å²) in [5, 5.41) is 4.53. The number of aromatic nitrogens is 1. The monoisotopic (exact) mass is 567 g/mol. The van der Waals surface area contributed by atoms with E-state index in [1.54, 1.807) is 32.0 Å². The Labute approximate surface area is 213 Å². The molecule has 208 valence electrons. The van der Waals surface area contributed by atoms with Crippen LogP contribution in [0, 0.1) is 6.92 Å². The van der Waals surface area contributed by atoms with Crippen LogP contribution >= 0.6 is 7.60 Å². The zero-order chi connectivity index (χ0) is 28.5. The number of halogens is 6. The molecular weight excluding hydrogens is 543 g/mol. The first-order chi connectivity index (χ1) is 17.5. The number of rotatable bonds is 7. The van der Waals surface area contributed by atoms with Gasteiger partial charge in [-0.25, -0.2) is 9.55 Å². The van der Waals surface area contributed by atoms with E-state index >= 15 is 0 Å². The van der Waals surface area contributed by atoms with Crippen LogP contribution in [0.25, 0.3) is 0 Å². The number of carbonyl (C=O) groups is 2. The summed E-state index contributed by atoms with van der Waals surface area (Å²) in [5.74, 6) is -4.07. The number of amides is 2. The summed E-state index contributed by atoms with van der Waals surface area (Å²) in [5.41, 5.74) is -0.571. The number of hydrogen-bond donors (Lipinski definition) is 3. The van der Waals surface area contributed by atoms with Gasteiger partial charge in [0.1, 0.15) is 11.3 Å². The molecule has 3 unspecified atom stereocenters. The zero-order valence-electron chi connectivity index (χ0n) is 20.1. The van der Waals surface area contributed by atoms with Crippen LogP contribution in [0.2, 0.25) is 0 Å². The van der Waals surface area contributed by atoms with Crippen molar-refractivity contribution >= 4 is 19.4 Å². The van der Waals surface area contributed by atoms with Gasteiger partial charge < -0.3 is 20.1 Å². The minimum absolute atomic E-state index is 0.0141. The number of fused-ring (bicyclic) bond motifs is 1. The van der Waals surface area contributed by atoms with Gasteiger partial charge in [0.2, 0.25) is 5.88 Å². The number of alkyl halides is 6. The van der Waals surface area contributed by atoms with Crippen molar-refractivity contribution < 1.29 is 49.9 Å². The summed E-state index contributed by atoms with van der Waals surface area (Å²) in [6.45, 7) is 3.23. The van der Waals surface area contributed by atoms with Gasteiger partial charge >= 0.3 is 25.9 Å². The molecule has 0 fully saturated rings. The van der Waals surface area contributed by atoms with Crippen molar-refractivity contribution in [2.45, 2.75) is 57.5 Å². The van der Waals surface area contributed by atoms with E-state index in [2.05, 4.69) is 10.3 Å². The number of nitrogens with zero attached hydrogens (tertiary/aromatic N) is 1. The first-order valence-electron chi connectivity index (χ1n) is 11.4. The lowest BCUT2D eigenvalue weighted by molar-refractivity contribution is -0.174. The van der Waals surface area contributed by atoms with Crippen LogP contribution in [-0.2, 0) is 15.5 Å². The highest BCUT2D eigenvalue weighted by Crippen LogP contribution is 2.44. The maximum atomic E-state index is 13.2. The molecule has 1 aromatic carbocycles. The molecule has 3 atom stereocenters. The Morgan fingerprint density at radius 2 is 1.68 bits per heavy atom. The van der Waals surface area contributed by atoms with E-state index in [-0.39, 0.29) is 19.3 Å². The largest absolute Gasteiger partial charge is 0.471 e. The predicted molar refractivity (Wildman–Crippen MR) is 122 cm³/mol. The van der Waals surface area contributed by atoms with Gasteiger partial charge in [-0.05, 0) is 49.4 Å². The average molecular weight is 567 g/mol. The number of hydrogen-bond acceptors (Lipinski definition) is 5. The summed E-state index contributed by atoms with van der Waals surface area (Å²) in [6.07, 6.45) is -10.2. The third-order valence-electron chi connectivity index (χ3n) is 5.74. The highest BCUT2D eigenvalue weighted by molar-refractivity contribution is 7.53. The minimum atomic E-state index is -5.09. The molecular formula is C23H24F6N3O5P. The Morgan fingerprint density at radius 1 is 1.05 bits per heavy atom. The van der Waals surface area contributed by atoms with Crippen LogP contribution in [-0.4, -0.2) is 34.0 Å². The third kappa shape index (κ3) is 7.04. The fraction of sp³-hybridized carbons (Fsp3) is 0.435. The number of benzene rings is 1. The van der Waals surface area contributed by atoms with Crippen LogP contribution in [0.3, 0.4) is 0 Å². The van der Waals surface area contributed by atoms with E-state index < -0.39 is 67.1 Å². The van der Waals surface area contributed by atoms with Crippen LogP contribution in [0.15, 0.2) is 30.3 Å². The lowest BCUT2D eigenvalue weighted by Gasteiger charge is -2.33. The van der Waals surface area contributed by atoms with Gasteiger partial charge in [-0.1, -0.05) is 30.7 Å². The maximum Gasteiger partial charge on any atom is 0.471 e. The van der Waals surface area contributed by atoms with Gasteiger partial charge in [0.15, 0.2) is 0 Å². The molecule has 0 bridgehead atoms. The topological polar surface area (TPSA) is 118 Å². The molecule has 38 heavy (non-hydrogen) atoms. The van der Waals surface area contributed by atoms with Crippen LogP contribution < -0.4 is 15.2 Å². The molecule has 0 radical (unpaired) electrons. The van der Waals surface area contributed by atoms with Crippen molar-refractivity contribution in [3.8, 4) is 5.88 Å². The molecule has 1 heterocycles. The van der Waals surface area contributed by atoms with Gasteiger partial charge in [-0.15, -0.1) is 0 Å². The van der Waals surface area contributed by atoms with E-state index in [1.807, 2.05) is 5.32 Å². The number of carbonyl (C=O) groups excluding carboxylic acids is 2. The predicted octanol–water partition coefficient (Wildman–Crippen LogP) is 5.37. The normalized spacial score (nSPS) is 19.2. The van der Waals surface area contributed by atoms with Gasteiger partial charge in [0.25, 0.3) is 5.91 Å². The van der Waals surface area contributed by atoms with Crippen molar-refractivity contribution in [1.82, 2.24) is 15.6 Å². The lowest BCUT2D eigenvalue weighted by atomic mass is 9.83. The average Bonchev–Trinajstić information content (AvgIpc) is 2.78. The Bertz CT molecular complexity index is 1270. The number of pyridine rings is 1. The summed E-state index contributed by atoms with van der Waals surface area (Å²) < 4.78 is 95.2. The first kappa shape index (κ1) is 29.4. The fourth-order valence-electron chi connectivity index (χ4n) is 4.04. The molecule has 3 rings (SSSR count). The van der Waals surface area contributed by atoms with Crippen molar-refractivity contribution in [2.24, 2.45) is 0 Å². The van der Waals surface area contributed by atoms with E-state index in [0.29, 0.717) is 22.8 Å². The molecule has 1 aliphatic carbocycles. The molecule has 2 amide bonds. The summed E-state index contributed by atoms with van der Waals surface area (Å²) in [4.78, 5) is 37.8. The quantitative estimate of drug-likeness (QED) is 0.306. The molecule has 2 aromatic rings. The molecule has 3 N–H and O–H groups in total. The fourth-order valence-corrected chi connectivity index (χ4v) is 5.10. The second-order valence-electron chi connectivity index (χ2n) is 8.76. The molecule has 0 saturated heterocycles. The van der Waals surface area contributed by atoms with E-state index in [9.17, 15) is 45.4 Å². The van der Waals surface area contributed by atoms with Gasteiger partial charge in [-0.2, -0.15) is 26.3 Å². The standard InChI is InChI=1S/C23H24F6N3O5P/c1-3-10-38(35,36)37-20-14(6-9-18(32-20)22(24,25)26)19(33)30-16-7-8-17(31-21(34)23(27,28)29)15-11-12(2)4-5-13(15)16/h4-6,9,11,16-17H,3,7-8,10H2,1-2H3,(H,30,33)(H,31,34)(H,35,36). The molecule has 0 saturated carbocycles. The van der Waals surface area contributed by atoms with E-state index in [0.717, 1.165) is 6.07 Å². The van der Waals surface area contributed by atoms with E-state index in [4.69, 9.17) is 4.52 Å². The molecule has 0 spiro atoms. The second kappa shape index (κ2) is 10.9. The van der Waals surface area contributed by atoms with Crippen molar-refractivity contribution in [1.29, 1.82) is 0 Å². The van der Waals surface area contributed by atoms with Gasteiger partial charge in [0.05, 0.1) is 18.2 Å². The van der Waals surface area contributed by atoms with Crippen LogP contribution in [0.4, 0.5) is 26.3 Å². The molecule has 15 heteroatoms. The minimum Gasteiger partial charge on any atom is -0.405 e. The van der Waals surface area contributed by atoms with Crippen molar-refractivity contribution in [3.63, 3.8) is 0 Å². The SMILES string of the molecule is CCCP(=O)(O)Oc1nc(C(F)(F)F)ccc1C(=O)NC1CCC(NC(=O)C(F)(F)F)c2cc(C)ccc21. The summed E-state index contributed by atoms with van der Waals surface area (Å²) in [6, 6.07) is 4.26. The van der Waals surface area contributed by atoms with Gasteiger partial charge in [-0.3, -0.25) is 9.59 Å². The van der Waals surface area contributed by atoms with E-state index in [1.165, 1.54) is 0 Å². The van der Waals surface area contributed by atoms with Crippen LogP contribution in [0.1, 0.15) is 71.0 Å². The lowest BCUT2D eigenvalue weighted by Crippen LogP contribution is -2.42. The smallest absolute Gasteiger partial charge is 0.405 e. The number of aryl methyl sites for hydroxylation is 1. The summed E-state index contributed by atoms with van der Waals surface area (Å²) in [7, 11) is -4.43. The number of nitrogens with one attached hydrogen (secondary N) is 2. The molecule has 8 nitrogen and oxygen atoms in total. The molecule has 1 aromatic heterocycles. The zero-order valence-corrected chi connectivity index (χ0v) is 21.0. The first-order valence-corrected chi connectivity index (χ1v) is 13.2. The Hall–Kier alpha value is -3.12. The second-order valence-corrected chi connectivity index (χ2v) is 10.7. The third-order valence-corrected chi connectivity index (χ3v) is 7.21. The van der Waals surface area contributed by atoms with Crippen molar-refractivity contribution in [2.75, 3.05) is 6.16 Å². The maximum absolute atomic E-state index is 13.2. The Morgan fingerprint density at radius 3 is 2.26 bits per heavy atom. The molecule has 0 aliphatic heterocycles. The Balaban J connectivity index is 1.93.